The number of pyridine rings is 1. The molecule has 0 spiro atoms. The van der Waals surface area contributed by atoms with Crippen LogP contribution in [0.3, 0.4) is 0 Å². The number of para-hydroxylation sites is 1. The van der Waals surface area contributed by atoms with E-state index in [-0.39, 0.29) is 17.9 Å². The normalized spacial score (nSPS) is 13.2. The lowest BCUT2D eigenvalue weighted by Gasteiger charge is -2.09. The number of nitrogens with one attached hydrogen (secondary N) is 2. The second-order valence-electron chi connectivity index (χ2n) is 6.88. The number of amides is 1. The van der Waals surface area contributed by atoms with E-state index in [1.54, 1.807) is 0 Å². The van der Waals surface area contributed by atoms with E-state index < -0.39 is 0 Å². The monoisotopic (exact) mass is 359 g/mol. The second-order valence-corrected chi connectivity index (χ2v) is 6.88. The third kappa shape index (κ3) is 2.70. The number of fused-ring (bicyclic) bond motifs is 4. The van der Waals surface area contributed by atoms with Crippen LogP contribution in [-0.4, -0.2) is 16.0 Å². The molecule has 0 aliphatic heterocycles. The highest BCUT2D eigenvalue weighted by Crippen LogP contribution is 2.28. The minimum Gasteiger partial charge on any atom is -0.356 e. The highest BCUT2D eigenvalue weighted by atomic mass is 16.5. The first-order valence-corrected chi connectivity index (χ1v) is 9.00. The predicted molar refractivity (Wildman–Crippen MR) is 103 cm³/mol. The molecule has 1 aliphatic rings. The fraction of sp³-hybridized carbons (Fsp3) is 0.190. The first-order chi connectivity index (χ1) is 13.2. The number of anilines is 1. The molecule has 2 heterocycles. The van der Waals surface area contributed by atoms with Gasteiger partial charge in [-0.15, -0.1) is 0 Å². The molecular weight excluding hydrogens is 342 g/mol. The van der Waals surface area contributed by atoms with Gasteiger partial charge in [0.2, 0.25) is 5.91 Å². The Labute approximate surface area is 154 Å². The van der Waals surface area contributed by atoms with Gasteiger partial charge in [0.1, 0.15) is 5.69 Å². The van der Waals surface area contributed by atoms with Crippen LogP contribution in [0.2, 0.25) is 0 Å². The Bertz CT molecular complexity index is 1250. The SMILES string of the molecule is O=C(Cc1noc2ccccc12)Nc1ccc2c3c(c(=O)[nH]c2c1)CCC3. The fourth-order valence-electron chi connectivity index (χ4n) is 3.90. The van der Waals surface area contributed by atoms with Gasteiger partial charge in [0, 0.05) is 22.0 Å². The molecule has 0 radical (unpaired) electrons. The Kier molecular flexibility index (Phi) is 3.57. The van der Waals surface area contributed by atoms with Crippen LogP contribution in [0.15, 0.2) is 51.8 Å². The van der Waals surface area contributed by atoms with Crippen molar-refractivity contribution in [2.45, 2.75) is 25.7 Å². The lowest BCUT2D eigenvalue weighted by Crippen LogP contribution is -2.15. The van der Waals surface area contributed by atoms with Crippen LogP contribution in [0.1, 0.15) is 23.2 Å². The standard InChI is InChI=1S/C21H17N3O3/c25-20(11-18-16-4-1-2-7-19(16)27-24-18)22-12-8-9-14-13-5-3-6-15(13)21(26)23-17(14)10-12/h1-2,4,7-10H,3,5-6,11H2,(H,22,25)(H,23,26). The molecule has 0 bridgehead atoms. The Morgan fingerprint density at radius 2 is 1.96 bits per heavy atom. The molecule has 2 aromatic carbocycles. The van der Waals surface area contributed by atoms with Gasteiger partial charge in [0.15, 0.2) is 5.58 Å². The van der Waals surface area contributed by atoms with Crippen molar-refractivity contribution in [3.05, 3.63) is 69.6 Å². The van der Waals surface area contributed by atoms with Gasteiger partial charge in [-0.05, 0) is 49.1 Å². The highest BCUT2D eigenvalue weighted by Gasteiger charge is 2.18. The van der Waals surface area contributed by atoms with Gasteiger partial charge in [-0.3, -0.25) is 9.59 Å². The van der Waals surface area contributed by atoms with Gasteiger partial charge in [-0.25, -0.2) is 0 Å². The Hall–Kier alpha value is -3.41. The molecule has 0 unspecified atom stereocenters. The molecule has 0 atom stereocenters. The average Bonchev–Trinajstić information content (AvgIpc) is 3.30. The van der Waals surface area contributed by atoms with E-state index in [2.05, 4.69) is 15.5 Å². The van der Waals surface area contributed by atoms with E-state index in [4.69, 9.17) is 4.52 Å². The number of carbonyl (C=O) groups excluding carboxylic acids is 1. The van der Waals surface area contributed by atoms with Crippen LogP contribution in [0.25, 0.3) is 21.9 Å². The molecule has 6 nitrogen and oxygen atoms in total. The van der Waals surface area contributed by atoms with Crippen LogP contribution in [0, 0.1) is 0 Å². The van der Waals surface area contributed by atoms with Gasteiger partial charge in [-0.2, -0.15) is 0 Å². The summed E-state index contributed by atoms with van der Waals surface area (Å²) in [7, 11) is 0. The number of H-pyrrole nitrogens is 1. The van der Waals surface area contributed by atoms with Crippen molar-refractivity contribution in [1.82, 2.24) is 10.1 Å². The highest BCUT2D eigenvalue weighted by molar-refractivity contribution is 5.97. The molecular formula is C21H17N3O3. The van der Waals surface area contributed by atoms with Crippen molar-refractivity contribution in [2.24, 2.45) is 0 Å². The number of carbonyl (C=O) groups is 1. The summed E-state index contributed by atoms with van der Waals surface area (Å²) in [5, 5.41) is 8.77. The minimum absolute atomic E-state index is 0.0208. The van der Waals surface area contributed by atoms with Crippen molar-refractivity contribution >= 4 is 33.5 Å². The van der Waals surface area contributed by atoms with Gasteiger partial charge >= 0.3 is 0 Å². The van der Waals surface area contributed by atoms with Gasteiger partial charge < -0.3 is 14.8 Å². The smallest absolute Gasteiger partial charge is 0.251 e. The van der Waals surface area contributed by atoms with Crippen LogP contribution < -0.4 is 10.9 Å². The molecule has 2 N–H and O–H groups in total. The number of hydrogen-bond acceptors (Lipinski definition) is 4. The van der Waals surface area contributed by atoms with E-state index >= 15 is 0 Å². The topological polar surface area (TPSA) is 88.0 Å². The Morgan fingerprint density at radius 1 is 1.11 bits per heavy atom. The third-order valence-electron chi connectivity index (χ3n) is 5.15. The third-order valence-corrected chi connectivity index (χ3v) is 5.15. The van der Waals surface area contributed by atoms with E-state index in [0.717, 1.165) is 46.7 Å². The van der Waals surface area contributed by atoms with Gasteiger partial charge in [0.05, 0.1) is 11.9 Å². The summed E-state index contributed by atoms with van der Waals surface area (Å²) >= 11 is 0. The fourth-order valence-corrected chi connectivity index (χ4v) is 3.90. The molecule has 1 amide bonds. The lowest BCUT2D eigenvalue weighted by atomic mass is 10.1. The quantitative estimate of drug-likeness (QED) is 0.587. The average molecular weight is 359 g/mol. The summed E-state index contributed by atoms with van der Waals surface area (Å²) in [4.78, 5) is 27.6. The summed E-state index contributed by atoms with van der Waals surface area (Å²) in [6, 6.07) is 13.1. The van der Waals surface area contributed by atoms with Crippen molar-refractivity contribution in [1.29, 1.82) is 0 Å². The molecule has 4 aromatic rings. The summed E-state index contributed by atoms with van der Waals surface area (Å²) in [5.41, 5.74) is 4.69. The first kappa shape index (κ1) is 15.8. The van der Waals surface area contributed by atoms with Crippen molar-refractivity contribution in [2.75, 3.05) is 5.32 Å². The van der Waals surface area contributed by atoms with Crippen molar-refractivity contribution in [3.63, 3.8) is 0 Å². The van der Waals surface area contributed by atoms with Crippen LogP contribution in [-0.2, 0) is 24.1 Å². The van der Waals surface area contributed by atoms with Gasteiger partial charge in [-0.1, -0.05) is 23.4 Å². The largest absolute Gasteiger partial charge is 0.356 e. The number of rotatable bonds is 3. The van der Waals surface area contributed by atoms with Crippen LogP contribution >= 0.6 is 0 Å². The van der Waals surface area contributed by atoms with E-state index in [0.29, 0.717) is 17.0 Å². The minimum atomic E-state index is -0.183. The second kappa shape index (κ2) is 6.09. The molecule has 5 rings (SSSR count). The van der Waals surface area contributed by atoms with E-state index in [1.807, 2.05) is 42.5 Å². The Morgan fingerprint density at radius 3 is 2.89 bits per heavy atom. The number of hydrogen-bond donors (Lipinski definition) is 2. The Balaban J connectivity index is 1.42. The summed E-state index contributed by atoms with van der Waals surface area (Å²) in [6.07, 6.45) is 2.91. The number of aromatic amines is 1. The van der Waals surface area contributed by atoms with Crippen molar-refractivity contribution in [3.8, 4) is 0 Å². The van der Waals surface area contributed by atoms with Crippen LogP contribution in [0.5, 0.6) is 0 Å². The molecule has 1 aliphatic carbocycles. The maximum atomic E-state index is 12.4. The van der Waals surface area contributed by atoms with E-state index in [1.165, 1.54) is 0 Å². The summed E-state index contributed by atoms with van der Waals surface area (Å²) < 4.78 is 5.24. The van der Waals surface area contributed by atoms with E-state index in [9.17, 15) is 9.59 Å². The first-order valence-electron chi connectivity index (χ1n) is 9.00. The number of aryl methyl sites for hydroxylation is 1. The molecule has 134 valence electrons. The zero-order valence-corrected chi connectivity index (χ0v) is 14.5. The molecule has 0 saturated carbocycles. The van der Waals surface area contributed by atoms with Crippen molar-refractivity contribution < 1.29 is 9.32 Å². The summed E-state index contributed by atoms with van der Waals surface area (Å²) in [6.45, 7) is 0. The zero-order valence-electron chi connectivity index (χ0n) is 14.5. The predicted octanol–water partition coefficient (Wildman–Crippen LogP) is 3.34. The number of benzene rings is 2. The molecule has 0 fully saturated rings. The maximum absolute atomic E-state index is 12.4. The van der Waals surface area contributed by atoms with Gasteiger partial charge in [0.25, 0.3) is 5.56 Å². The number of aromatic nitrogens is 2. The molecule has 2 aromatic heterocycles. The van der Waals surface area contributed by atoms with Crippen LogP contribution in [0.4, 0.5) is 5.69 Å². The summed E-state index contributed by atoms with van der Waals surface area (Å²) in [5.74, 6) is -0.183. The lowest BCUT2D eigenvalue weighted by molar-refractivity contribution is -0.115. The zero-order chi connectivity index (χ0) is 18.4. The molecule has 27 heavy (non-hydrogen) atoms. The molecule has 0 saturated heterocycles. The molecule has 6 heteroatoms. The number of nitrogens with zero attached hydrogens (tertiary/aromatic N) is 1. The maximum Gasteiger partial charge on any atom is 0.251 e.